The third kappa shape index (κ3) is 6.21. The highest BCUT2D eigenvalue weighted by molar-refractivity contribution is 6.09. The maximum absolute atomic E-state index is 13.9. The van der Waals surface area contributed by atoms with Crippen LogP contribution in [0.25, 0.3) is 0 Å². The first kappa shape index (κ1) is 29.7. The molecule has 1 unspecified atom stereocenters. The Bertz CT molecular complexity index is 1560. The maximum atomic E-state index is 13.9. The molecule has 1 aliphatic heterocycles. The van der Waals surface area contributed by atoms with E-state index in [1.54, 1.807) is 39.3 Å². The van der Waals surface area contributed by atoms with Crippen LogP contribution in [0.5, 0.6) is 28.7 Å². The molecule has 0 fully saturated rings. The van der Waals surface area contributed by atoms with Crippen LogP contribution in [0.2, 0.25) is 0 Å². The van der Waals surface area contributed by atoms with Gasteiger partial charge in [0, 0.05) is 29.3 Å². The highest BCUT2D eigenvalue weighted by Gasteiger charge is 2.45. The van der Waals surface area contributed by atoms with Crippen molar-refractivity contribution in [2.75, 3.05) is 34.5 Å². The van der Waals surface area contributed by atoms with Gasteiger partial charge in [-0.25, -0.2) is 0 Å². The molecule has 224 valence electrons. The average Bonchev–Trinajstić information content (AvgIpc) is 3.02. The summed E-state index contributed by atoms with van der Waals surface area (Å²) >= 11 is 0. The standard InChI is InChI=1S/C34H35NO8/c1-20-31(34(38)43-15-14-42-24-8-6-5-7-9-24)32(22-11-12-28(39-2)26(36)17-22)33-25(35-20)16-23(18-27(33)37)21-10-13-29(40-3)30(19-21)41-4/h5-13,17,19,23,31-32,36H,14-16,18H2,1-4H3/t23-,31?,32+/m1/s1. The van der Waals surface area contributed by atoms with Crippen LogP contribution in [0.3, 0.4) is 0 Å². The quantitative estimate of drug-likeness (QED) is 0.241. The van der Waals surface area contributed by atoms with Gasteiger partial charge in [-0.2, -0.15) is 0 Å². The summed E-state index contributed by atoms with van der Waals surface area (Å²) in [5, 5.41) is 10.6. The Morgan fingerprint density at radius 3 is 2.26 bits per heavy atom. The Morgan fingerprint density at radius 1 is 0.860 bits per heavy atom. The van der Waals surface area contributed by atoms with Crippen LogP contribution in [0.1, 0.15) is 42.7 Å². The lowest BCUT2D eigenvalue weighted by atomic mass is 9.69. The second-order valence-electron chi connectivity index (χ2n) is 10.5. The minimum absolute atomic E-state index is 0.0271. The third-order valence-corrected chi connectivity index (χ3v) is 7.92. The van der Waals surface area contributed by atoms with Crippen molar-refractivity contribution >= 4 is 17.5 Å². The number of methoxy groups -OCH3 is 3. The van der Waals surface area contributed by atoms with Gasteiger partial charge in [0.15, 0.2) is 28.8 Å². The SMILES string of the molecule is COc1ccc([C@@H]2C3=C(C[C@@H](c4ccc(OC)c(OC)c4)CC3=O)N=C(C)C2C(=O)OCCOc2ccccc2)cc1O. The fraction of sp³-hybridized carbons (Fsp3) is 0.324. The van der Waals surface area contributed by atoms with Gasteiger partial charge in [0.05, 0.1) is 21.3 Å². The molecule has 9 heteroatoms. The molecule has 3 aromatic carbocycles. The number of carbonyl (C=O) groups excluding carboxylic acids is 2. The zero-order chi connectivity index (χ0) is 30.5. The van der Waals surface area contributed by atoms with E-state index in [0.717, 1.165) is 5.56 Å². The van der Waals surface area contributed by atoms with Crippen molar-refractivity contribution in [1.82, 2.24) is 0 Å². The van der Waals surface area contributed by atoms with E-state index in [2.05, 4.69) is 0 Å². The summed E-state index contributed by atoms with van der Waals surface area (Å²) in [6, 6.07) is 19.8. The molecule has 0 bridgehead atoms. The van der Waals surface area contributed by atoms with Crippen molar-refractivity contribution in [2.45, 2.75) is 31.6 Å². The molecule has 0 aromatic heterocycles. The second-order valence-corrected chi connectivity index (χ2v) is 10.5. The molecule has 0 amide bonds. The summed E-state index contributed by atoms with van der Waals surface area (Å²) in [6.45, 7) is 1.98. The van der Waals surface area contributed by atoms with Crippen molar-refractivity contribution in [2.24, 2.45) is 10.9 Å². The Kier molecular flexibility index (Phi) is 8.99. The number of rotatable bonds is 10. The van der Waals surface area contributed by atoms with E-state index < -0.39 is 17.8 Å². The third-order valence-electron chi connectivity index (χ3n) is 7.92. The normalized spacial score (nSPS) is 19.7. The predicted molar refractivity (Wildman–Crippen MR) is 160 cm³/mol. The molecule has 1 aliphatic carbocycles. The molecule has 9 nitrogen and oxygen atoms in total. The first-order chi connectivity index (χ1) is 20.8. The Hall–Kier alpha value is -4.79. The monoisotopic (exact) mass is 585 g/mol. The Labute approximate surface area is 250 Å². The lowest BCUT2D eigenvalue weighted by Crippen LogP contribution is -2.38. The van der Waals surface area contributed by atoms with E-state index in [4.69, 9.17) is 28.7 Å². The van der Waals surface area contributed by atoms with E-state index in [0.29, 0.717) is 52.0 Å². The van der Waals surface area contributed by atoms with Gasteiger partial charge in [-0.1, -0.05) is 30.3 Å². The zero-order valence-electron chi connectivity index (χ0n) is 24.7. The van der Waals surface area contributed by atoms with Crippen LogP contribution < -0.4 is 18.9 Å². The van der Waals surface area contributed by atoms with Crippen molar-refractivity contribution < 1.29 is 38.4 Å². The summed E-state index contributed by atoms with van der Waals surface area (Å²) in [5.41, 5.74) is 3.16. The molecular formula is C34H35NO8. The number of benzene rings is 3. The van der Waals surface area contributed by atoms with Crippen LogP contribution in [-0.2, 0) is 14.3 Å². The smallest absolute Gasteiger partial charge is 0.315 e. The van der Waals surface area contributed by atoms with Crippen molar-refractivity contribution in [3.63, 3.8) is 0 Å². The minimum atomic E-state index is -0.857. The van der Waals surface area contributed by atoms with E-state index in [9.17, 15) is 14.7 Å². The van der Waals surface area contributed by atoms with Gasteiger partial charge in [0.25, 0.3) is 0 Å². The first-order valence-electron chi connectivity index (χ1n) is 14.1. The molecule has 1 N–H and O–H groups in total. The van der Waals surface area contributed by atoms with Gasteiger partial charge in [0.2, 0.25) is 0 Å². The van der Waals surface area contributed by atoms with Crippen LogP contribution >= 0.6 is 0 Å². The maximum Gasteiger partial charge on any atom is 0.315 e. The number of nitrogens with zero attached hydrogens (tertiary/aromatic N) is 1. The second kappa shape index (κ2) is 13.0. The van der Waals surface area contributed by atoms with Crippen LogP contribution in [0.15, 0.2) is 83.0 Å². The number of allylic oxidation sites excluding steroid dienone is 2. The van der Waals surface area contributed by atoms with Crippen molar-refractivity contribution in [3.05, 3.63) is 89.1 Å². The first-order valence-corrected chi connectivity index (χ1v) is 14.1. The lowest BCUT2D eigenvalue weighted by molar-refractivity contribution is -0.147. The Morgan fingerprint density at radius 2 is 1.56 bits per heavy atom. The molecule has 2 aliphatic rings. The predicted octanol–water partition coefficient (Wildman–Crippen LogP) is 5.62. The van der Waals surface area contributed by atoms with Crippen molar-refractivity contribution in [1.29, 1.82) is 0 Å². The van der Waals surface area contributed by atoms with Gasteiger partial charge in [-0.05, 0) is 66.8 Å². The summed E-state index contributed by atoms with van der Waals surface area (Å²) < 4.78 is 27.4. The number of hydrogen-bond donors (Lipinski definition) is 1. The molecule has 1 heterocycles. The molecule has 0 saturated heterocycles. The number of carbonyl (C=O) groups is 2. The number of para-hydroxylation sites is 1. The number of phenolic OH excluding ortho intramolecular Hbond substituents is 1. The molecule has 0 radical (unpaired) electrons. The largest absolute Gasteiger partial charge is 0.504 e. The number of aromatic hydroxyl groups is 1. The molecular weight excluding hydrogens is 550 g/mol. The summed E-state index contributed by atoms with van der Waals surface area (Å²) in [4.78, 5) is 32.4. The average molecular weight is 586 g/mol. The van der Waals surface area contributed by atoms with Gasteiger partial charge in [-0.15, -0.1) is 0 Å². The highest BCUT2D eigenvalue weighted by Crippen LogP contribution is 2.48. The number of hydrogen-bond acceptors (Lipinski definition) is 9. The lowest BCUT2D eigenvalue weighted by Gasteiger charge is -2.36. The van der Waals surface area contributed by atoms with E-state index in [1.807, 2.05) is 48.5 Å². The zero-order valence-corrected chi connectivity index (χ0v) is 24.7. The number of phenols is 1. The summed E-state index contributed by atoms with van der Waals surface area (Å²) in [7, 11) is 4.61. The summed E-state index contributed by atoms with van der Waals surface area (Å²) in [5.74, 6) is -0.232. The summed E-state index contributed by atoms with van der Waals surface area (Å²) in [6.07, 6.45) is 0.730. The number of esters is 1. The number of ketones is 1. The van der Waals surface area contributed by atoms with Crippen LogP contribution in [0.4, 0.5) is 0 Å². The van der Waals surface area contributed by atoms with Gasteiger partial charge >= 0.3 is 5.97 Å². The fourth-order valence-electron chi connectivity index (χ4n) is 5.88. The highest BCUT2D eigenvalue weighted by atomic mass is 16.6. The van der Waals surface area contributed by atoms with Crippen molar-refractivity contribution in [3.8, 4) is 28.7 Å². The topological polar surface area (TPSA) is 113 Å². The van der Waals surface area contributed by atoms with Gasteiger partial charge in [-0.3, -0.25) is 14.6 Å². The van der Waals surface area contributed by atoms with Crippen LogP contribution in [0, 0.1) is 5.92 Å². The molecule has 0 saturated carbocycles. The van der Waals surface area contributed by atoms with Gasteiger partial charge in [0.1, 0.15) is 24.9 Å². The molecule has 5 rings (SSSR count). The number of Topliss-reactive ketones (excluding diaryl/α,β-unsaturated/α-hetero) is 1. The molecule has 3 aromatic rings. The van der Waals surface area contributed by atoms with E-state index in [1.165, 1.54) is 7.11 Å². The minimum Gasteiger partial charge on any atom is -0.504 e. The van der Waals surface area contributed by atoms with Crippen LogP contribution in [-0.4, -0.2) is 57.1 Å². The molecule has 0 spiro atoms. The molecule has 43 heavy (non-hydrogen) atoms. The van der Waals surface area contributed by atoms with E-state index in [-0.39, 0.29) is 37.1 Å². The number of ether oxygens (including phenoxy) is 5. The molecule has 3 atom stereocenters. The van der Waals surface area contributed by atoms with Gasteiger partial charge < -0.3 is 28.8 Å². The Balaban J connectivity index is 1.45. The van der Waals surface area contributed by atoms with E-state index >= 15 is 0 Å². The fourth-order valence-corrected chi connectivity index (χ4v) is 5.88. The number of aliphatic imine (C=N–C) groups is 1.